The molecule has 2 amide bonds. The maximum absolute atomic E-state index is 12.7. The summed E-state index contributed by atoms with van der Waals surface area (Å²) in [7, 11) is 2.83. The minimum absolute atomic E-state index is 0.0900. The summed E-state index contributed by atoms with van der Waals surface area (Å²) in [6.45, 7) is 1.76. The third-order valence-electron chi connectivity index (χ3n) is 5.96. The zero-order valence-electron chi connectivity index (χ0n) is 17.8. The minimum Gasteiger partial charge on any atom is -0.496 e. The molecule has 7 nitrogen and oxygen atoms in total. The Morgan fingerprint density at radius 1 is 1.13 bits per heavy atom. The highest BCUT2D eigenvalue weighted by molar-refractivity contribution is 5.92. The van der Waals surface area contributed by atoms with Gasteiger partial charge in [-0.05, 0) is 48.1 Å². The number of para-hydroxylation sites is 1. The molecule has 0 bridgehead atoms. The van der Waals surface area contributed by atoms with Gasteiger partial charge in [0.2, 0.25) is 0 Å². The van der Waals surface area contributed by atoms with Gasteiger partial charge in [-0.3, -0.25) is 0 Å². The fraction of sp³-hybridized carbons (Fsp3) is 0.333. The predicted molar refractivity (Wildman–Crippen MR) is 118 cm³/mol. The first-order valence-electron chi connectivity index (χ1n) is 10.4. The largest absolute Gasteiger partial charge is 0.496 e. The Balaban J connectivity index is 1.34. The van der Waals surface area contributed by atoms with Gasteiger partial charge in [0, 0.05) is 36.7 Å². The number of rotatable bonds is 5. The van der Waals surface area contributed by atoms with E-state index < -0.39 is 5.97 Å². The molecule has 2 heterocycles. The van der Waals surface area contributed by atoms with Crippen molar-refractivity contribution in [3.63, 3.8) is 0 Å². The van der Waals surface area contributed by atoms with Crippen molar-refractivity contribution in [3.8, 4) is 5.75 Å². The first kappa shape index (κ1) is 20.8. The van der Waals surface area contributed by atoms with E-state index in [2.05, 4.69) is 34.7 Å². The monoisotopic (exact) mass is 421 g/mol. The molecule has 0 spiro atoms. The molecule has 0 atom stereocenters. The van der Waals surface area contributed by atoms with Crippen LogP contribution in [0.4, 0.5) is 4.79 Å². The van der Waals surface area contributed by atoms with E-state index in [1.807, 2.05) is 17.0 Å². The molecule has 1 fully saturated rings. The molecule has 4 rings (SSSR count). The Bertz CT molecular complexity index is 1080. The first-order chi connectivity index (χ1) is 15.1. The summed E-state index contributed by atoms with van der Waals surface area (Å²) in [5, 5.41) is 4.23. The Labute approximate surface area is 181 Å². The van der Waals surface area contributed by atoms with Crippen LogP contribution in [0.5, 0.6) is 5.75 Å². The zero-order valence-corrected chi connectivity index (χ0v) is 17.8. The van der Waals surface area contributed by atoms with Crippen molar-refractivity contribution in [1.29, 1.82) is 0 Å². The molecule has 31 heavy (non-hydrogen) atoms. The van der Waals surface area contributed by atoms with E-state index >= 15 is 0 Å². The van der Waals surface area contributed by atoms with Crippen molar-refractivity contribution in [1.82, 2.24) is 15.2 Å². The molecule has 2 aromatic carbocycles. The van der Waals surface area contributed by atoms with Gasteiger partial charge in [-0.25, -0.2) is 9.59 Å². The van der Waals surface area contributed by atoms with E-state index in [1.54, 1.807) is 12.1 Å². The Morgan fingerprint density at radius 2 is 1.90 bits per heavy atom. The number of aromatic amines is 1. The number of nitrogens with zero attached hydrogens (tertiary/aromatic N) is 1. The topological polar surface area (TPSA) is 83.7 Å². The van der Waals surface area contributed by atoms with Crippen molar-refractivity contribution in [3.05, 3.63) is 65.4 Å². The number of urea groups is 1. The van der Waals surface area contributed by atoms with Crippen LogP contribution in [-0.4, -0.2) is 49.2 Å². The number of H-pyrrole nitrogens is 1. The lowest BCUT2D eigenvalue weighted by Gasteiger charge is -2.32. The van der Waals surface area contributed by atoms with E-state index in [0.717, 1.165) is 23.9 Å². The van der Waals surface area contributed by atoms with Gasteiger partial charge in [-0.2, -0.15) is 0 Å². The Morgan fingerprint density at radius 3 is 2.65 bits per heavy atom. The number of carbonyl (C=O) groups excluding carboxylic acids is 2. The molecule has 0 aliphatic carbocycles. The number of ether oxygens (including phenoxy) is 2. The van der Waals surface area contributed by atoms with Crippen LogP contribution in [0, 0.1) is 0 Å². The fourth-order valence-electron chi connectivity index (χ4n) is 4.25. The normalized spacial score (nSPS) is 14.5. The number of nitrogens with one attached hydrogen (secondary N) is 2. The number of piperidine rings is 1. The summed E-state index contributed by atoms with van der Waals surface area (Å²) in [6, 6.07) is 13.5. The van der Waals surface area contributed by atoms with Crippen LogP contribution in [0.15, 0.2) is 48.7 Å². The maximum Gasteiger partial charge on any atom is 0.341 e. The Kier molecular flexibility index (Phi) is 6.11. The van der Waals surface area contributed by atoms with Gasteiger partial charge in [0.25, 0.3) is 0 Å². The number of fused-ring (bicyclic) bond motifs is 1. The lowest BCUT2D eigenvalue weighted by molar-refractivity contribution is 0.0597. The molecule has 162 valence electrons. The summed E-state index contributed by atoms with van der Waals surface area (Å²) in [5.41, 5.74) is 3.65. The molecule has 1 aliphatic heterocycles. The van der Waals surface area contributed by atoms with Crippen molar-refractivity contribution in [2.75, 3.05) is 27.3 Å². The molecule has 7 heteroatoms. The van der Waals surface area contributed by atoms with Crippen LogP contribution in [0.1, 0.15) is 40.2 Å². The molecular weight excluding hydrogens is 394 g/mol. The van der Waals surface area contributed by atoms with Gasteiger partial charge in [0.05, 0.1) is 14.2 Å². The van der Waals surface area contributed by atoms with Crippen LogP contribution in [0.25, 0.3) is 10.9 Å². The van der Waals surface area contributed by atoms with Crippen LogP contribution < -0.4 is 10.1 Å². The van der Waals surface area contributed by atoms with Gasteiger partial charge >= 0.3 is 12.0 Å². The van der Waals surface area contributed by atoms with Crippen LogP contribution >= 0.6 is 0 Å². The minimum atomic E-state index is -0.468. The third-order valence-corrected chi connectivity index (χ3v) is 5.96. The van der Waals surface area contributed by atoms with Gasteiger partial charge in [-0.1, -0.05) is 24.3 Å². The highest BCUT2D eigenvalue weighted by Crippen LogP contribution is 2.33. The van der Waals surface area contributed by atoms with E-state index in [9.17, 15) is 9.59 Å². The maximum atomic E-state index is 12.7. The summed E-state index contributed by atoms with van der Waals surface area (Å²) in [4.78, 5) is 29.8. The summed E-state index contributed by atoms with van der Waals surface area (Å²) < 4.78 is 10.0. The number of benzene rings is 2. The van der Waals surface area contributed by atoms with E-state index in [0.29, 0.717) is 36.9 Å². The number of amides is 2. The van der Waals surface area contributed by atoms with Gasteiger partial charge in [0.1, 0.15) is 11.3 Å². The predicted octanol–water partition coefficient (Wildman–Crippen LogP) is 4.05. The van der Waals surface area contributed by atoms with Gasteiger partial charge in [0.15, 0.2) is 0 Å². The lowest BCUT2D eigenvalue weighted by atomic mass is 9.89. The van der Waals surface area contributed by atoms with Gasteiger partial charge in [-0.15, -0.1) is 0 Å². The molecule has 1 saturated heterocycles. The van der Waals surface area contributed by atoms with E-state index in [-0.39, 0.29) is 6.03 Å². The van der Waals surface area contributed by atoms with Crippen molar-refractivity contribution < 1.29 is 19.1 Å². The summed E-state index contributed by atoms with van der Waals surface area (Å²) in [5.74, 6) is 0.426. The van der Waals surface area contributed by atoms with E-state index in [1.165, 1.54) is 25.2 Å². The quantitative estimate of drug-likeness (QED) is 0.609. The average Bonchev–Trinajstić information content (AvgIpc) is 3.26. The number of aromatic nitrogens is 1. The standard InChI is InChI=1S/C24H27N3O4/c1-30-22-8-7-16(13-19(22)23(28)31-2)14-26-24(29)27-11-9-17(10-12-27)20-15-25-21-6-4-3-5-18(20)21/h3-8,13,15,17,25H,9-12,14H2,1-2H3,(H,26,29). The zero-order chi connectivity index (χ0) is 21.8. The van der Waals surface area contributed by atoms with Gasteiger partial charge < -0.3 is 24.7 Å². The average molecular weight is 421 g/mol. The number of hydrogen-bond donors (Lipinski definition) is 2. The lowest BCUT2D eigenvalue weighted by Crippen LogP contribution is -2.43. The van der Waals surface area contributed by atoms with E-state index in [4.69, 9.17) is 9.47 Å². The second-order valence-electron chi connectivity index (χ2n) is 7.74. The highest BCUT2D eigenvalue weighted by atomic mass is 16.5. The van der Waals surface area contributed by atoms with Crippen LogP contribution in [-0.2, 0) is 11.3 Å². The number of hydrogen-bond acceptors (Lipinski definition) is 4. The second kappa shape index (κ2) is 9.12. The van der Waals surface area contributed by atoms with Crippen LogP contribution in [0.2, 0.25) is 0 Å². The smallest absolute Gasteiger partial charge is 0.341 e. The second-order valence-corrected chi connectivity index (χ2v) is 7.74. The van der Waals surface area contributed by atoms with Crippen molar-refractivity contribution in [2.24, 2.45) is 0 Å². The Hall–Kier alpha value is -3.48. The molecule has 1 aromatic heterocycles. The fourth-order valence-corrected chi connectivity index (χ4v) is 4.25. The third kappa shape index (κ3) is 4.35. The SMILES string of the molecule is COC(=O)c1cc(CNC(=O)N2CCC(c3c[nH]c4ccccc34)CC2)ccc1OC. The molecule has 0 saturated carbocycles. The molecule has 0 unspecified atom stereocenters. The summed E-state index contributed by atoms with van der Waals surface area (Å²) in [6.07, 6.45) is 3.97. The van der Waals surface area contributed by atoms with Crippen molar-refractivity contribution in [2.45, 2.75) is 25.3 Å². The number of methoxy groups -OCH3 is 2. The summed E-state index contributed by atoms with van der Waals surface area (Å²) >= 11 is 0. The molecular formula is C24H27N3O4. The number of likely N-dealkylation sites (tertiary alicyclic amines) is 1. The first-order valence-corrected chi connectivity index (χ1v) is 10.4. The molecule has 3 aromatic rings. The molecule has 2 N–H and O–H groups in total. The number of esters is 1. The van der Waals surface area contributed by atoms with Crippen LogP contribution in [0.3, 0.4) is 0 Å². The molecule has 0 radical (unpaired) electrons. The highest BCUT2D eigenvalue weighted by Gasteiger charge is 2.25. The number of carbonyl (C=O) groups is 2. The van der Waals surface area contributed by atoms with Crippen molar-refractivity contribution >= 4 is 22.9 Å². The molecule has 1 aliphatic rings.